The highest BCUT2D eigenvalue weighted by atomic mass is 16.5. The molecule has 1 amide bonds. The maximum absolute atomic E-state index is 12.6. The Morgan fingerprint density at radius 2 is 1.96 bits per heavy atom. The Kier molecular flexibility index (Phi) is 6.04. The van der Waals surface area contributed by atoms with Crippen molar-refractivity contribution in [3.63, 3.8) is 0 Å². The number of hydrogen-bond acceptors (Lipinski definition) is 5. The minimum atomic E-state index is -0.845. The Morgan fingerprint density at radius 1 is 1.27 bits per heavy atom. The second-order valence-electron chi connectivity index (χ2n) is 7.40. The molecular formula is C20H30N2O4. The molecule has 1 aromatic rings. The van der Waals surface area contributed by atoms with Gasteiger partial charge in [-0.1, -0.05) is 6.07 Å². The summed E-state index contributed by atoms with van der Waals surface area (Å²) in [5, 5.41) is 3.03. The van der Waals surface area contributed by atoms with Crippen LogP contribution in [0.4, 0.5) is 0 Å². The fourth-order valence-corrected chi connectivity index (χ4v) is 3.62. The van der Waals surface area contributed by atoms with E-state index in [0.717, 1.165) is 24.2 Å². The Morgan fingerprint density at radius 3 is 2.62 bits per heavy atom. The number of rotatable bonds is 6. The van der Waals surface area contributed by atoms with Crippen molar-refractivity contribution >= 4 is 5.91 Å². The van der Waals surface area contributed by atoms with E-state index in [1.165, 1.54) is 12.8 Å². The molecular weight excluding hydrogens is 332 g/mol. The lowest BCUT2D eigenvalue weighted by Gasteiger charge is -2.33. The van der Waals surface area contributed by atoms with Crippen molar-refractivity contribution in [1.82, 2.24) is 5.32 Å². The van der Waals surface area contributed by atoms with Crippen molar-refractivity contribution in [2.75, 3.05) is 20.3 Å². The number of amides is 1. The minimum Gasteiger partial charge on any atom is -0.493 e. The molecule has 3 N–H and O–H groups in total. The highest BCUT2D eigenvalue weighted by Gasteiger charge is 2.36. The van der Waals surface area contributed by atoms with E-state index in [4.69, 9.17) is 19.9 Å². The van der Waals surface area contributed by atoms with Gasteiger partial charge in [-0.25, -0.2) is 0 Å². The Bertz CT molecular complexity index is 622. The summed E-state index contributed by atoms with van der Waals surface area (Å²) in [6.45, 7) is 3.01. The third kappa shape index (κ3) is 4.30. The molecule has 1 saturated carbocycles. The molecule has 1 atom stereocenters. The normalized spacial score (nSPS) is 21.2. The summed E-state index contributed by atoms with van der Waals surface area (Å²) >= 11 is 0. The van der Waals surface area contributed by atoms with E-state index in [1.807, 2.05) is 25.1 Å². The Hall–Kier alpha value is -1.79. The van der Waals surface area contributed by atoms with Gasteiger partial charge in [0.2, 0.25) is 5.91 Å². The molecule has 2 aliphatic rings. The summed E-state index contributed by atoms with van der Waals surface area (Å²) in [5.41, 5.74) is 6.38. The maximum Gasteiger partial charge on any atom is 0.240 e. The van der Waals surface area contributed by atoms with Crippen molar-refractivity contribution in [1.29, 1.82) is 0 Å². The Labute approximate surface area is 155 Å². The zero-order valence-electron chi connectivity index (χ0n) is 15.8. The minimum absolute atomic E-state index is 0.126. The van der Waals surface area contributed by atoms with Crippen LogP contribution in [0.25, 0.3) is 0 Å². The summed E-state index contributed by atoms with van der Waals surface area (Å²) in [6, 6.07) is 5.68. The van der Waals surface area contributed by atoms with Gasteiger partial charge in [-0.2, -0.15) is 0 Å². The third-order valence-electron chi connectivity index (χ3n) is 5.47. The number of methoxy groups -OCH3 is 1. The molecule has 0 aromatic heterocycles. The molecule has 1 heterocycles. The summed E-state index contributed by atoms with van der Waals surface area (Å²) in [6.07, 6.45) is 6.00. The van der Waals surface area contributed by atoms with Crippen LogP contribution in [0.3, 0.4) is 0 Å². The maximum atomic E-state index is 12.6. The smallest absolute Gasteiger partial charge is 0.240 e. The lowest BCUT2D eigenvalue weighted by molar-refractivity contribution is -0.130. The van der Waals surface area contributed by atoms with Crippen LogP contribution in [-0.4, -0.2) is 37.9 Å². The van der Waals surface area contributed by atoms with E-state index < -0.39 is 5.54 Å². The summed E-state index contributed by atoms with van der Waals surface area (Å²) in [5.74, 6) is 1.34. The van der Waals surface area contributed by atoms with E-state index >= 15 is 0 Å². The van der Waals surface area contributed by atoms with E-state index in [0.29, 0.717) is 31.8 Å². The number of nitrogens with two attached hydrogens (primary N) is 1. The van der Waals surface area contributed by atoms with E-state index in [-0.39, 0.29) is 18.1 Å². The van der Waals surface area contributed by atoms with Gasteiger partial charge in [-0.05, 0) is 63.1 Å². The fraction of sp³-hybridized carbons (Fsp3) is 0.650. The molecule has 1 saturated heterocycles. The van der Waals surface area contributed by atoms with Crippen molar-refractivity contribution in [2.24, 2.45) is 5.73 Å². The van der Waals surface area contributed by atoms with Crippen molar-refractivity contribution in [3.8, 4) is 11.5 Å². The van der Waals surface area contributed by atoms with Gasteiger partial charge in [-0.15, -0.1) is 0 Å². The fourth-order valence-electron chi connectivity index (χ4n) is 3.62. The second-order valence-corrected chi connectivity index (χ2v) is 7.40. The van der Waals surface area contributed by atoms with Gasteiger partial charge in [-0.3, -0.25) is 4.79 Å². The van der Waals surface area contributed by atoms with Gasteiger partial charge in [0.1, 0.15) is 0 Å². The molecule has 6 nitrogen and oxygen atoms in total. The molecule has 1 aliphatic carbocycles. The second kappa shape index (κ2) is 8.27. The number of ether oxygens (including phenoxy) is 3. The van der Waals surface area contributed by atoms with Crippen LogP contribution in [-0.2, 0) is 9.53 Å². The zero-order valence-corrected chi connectivity index (χ0v) is 15.8. The lowest BCUT2D eigenvalue weighted by Crippen LogP contribution is -2.57. The van der Waals surface area contributed by atoms with Gasteiger partial charge >= 0.3 is 0 Å². The van der Waals surface area contributed by atoms with Crippen LogP contribution in [0.15, 0.2) is 18.2 Å². The van der Waals surface area contributed by atoms with Crippen LogP contribution in [0.1, 0.15) is 57.1 Å². The number of benzene rings is 1. The van der Waals surface area contributed by atoms with Crippen molar-refractivity contribution in [2.45, 2.75) is 63.1 Å². The van der Waals surface area contributed by atoms with Crippen LogP contribution in [0, 0.1) is 0 Å². The molecule has 26 heavy (non-hydrogen) atoms. The van der Waals surface area contributed by atoms with E-state index in [1.54, 1.807) is 7.11 Å². The molecule has 3 rings (SSSR count). The molecule has 6 heteroatoms. The lowest BCUT2D eigenvalue weighted by atomic mass is 9.90. The molecule has 1 unspecified atom stereocenters. The zero-order chi connectivity index (χ0) is 18.6. The highest BCUT2D eigenvalue weighted by Crippen LogP contribution is 2.34. The molecule has 0 spiro atoms. The first-order chi connectivity index (χ1) is 12.5. The molecule has 144 valence electrons. The Balaban J connectivity index is 1.66. The van der Waals surface area contributed by atoms with Gasteiger partial charge in [0.25, 0.3) is 0 Å². The molecule has 2 fully saturated rings. The van der Waals surface area contributed by atoms with Gasteiger partial charge in [0.15, 0.2) is 11.5 Å². The standard InChI is InChI=1S/C20H30N2O4/c1-14(22-19(23)20(21)9-11-25-12-10-20)15-7-8-17(18(13-15)24-2)26-16-5-3-4-6-16/h7-8,13-14,16H,3-6,9-12,21H2,1-2H3,(H,22,23). The van der Waals surface area contributed by atoms with Crippen LogP contribution in [0.2, 0.25) is 0 Å². The molecule has 1 aromatic carbocycles. The average molecular weight is 362 g/mol. The first-order valence-corrected chi connectivity index (χ1v) is 9.54. The average Bonchev–Trinajstić information content (AvgIpc) is 3.15. The van der Waals surface area contributed by atoms with E-state index in [9.17, 15) is 4.79 Å². The summed E-state index contributed by atoms with van der Waals surface area (Å²) in [7, 11) is 1.64. The first-order valence-electron chi connectivity index (χ1n) is 9.54. The predicted octanol–water partition coefficient (Wildman–Crippen LogP) is 2.70. The highest BCUT2D eigenvalue weighted by molar-refractivity contribution is 5.86. The largest absolute Gasteiger partial charge is 0.493 e. The van der Waals surface area contributed by atoms with Crippen molar-refractivity contribution in [3.05, 3.63) is 23.8 Å². The monoisotopic (exact) mass is 362 g/mol. The number of carbonyl (C=O) groups excluding carboxylic acids is 1. The van der Waals surface area contributed by atoms with Gasteiger partial charge in [0.05, 0.1) is 24.8 Å². The molecule has 1 aliphatic heterocycles. The number of hydrogen-bond donors (Lipinski definition) is 2. The van der Waals surface area contributed by atoms with Crippen LogP contribution < -0.4 is 20.5 Å². The summed E-state index contributed by atoms with van der Waals surface area (Å²) in [4.78, 5) is 12.6. The first kappa shape index (κ1) is 19.0. The van der Waals surface area contributed by atoms with Gasteiger partial charge in [0, 0.05) is 13.2 Å². The van der Waals surface area contributed by atoms with Gasteiger partial charge < -0.3 is 25.3 Å². The number of carbonyl (C=O) groups is 1. The van der Waals surface area contributed by atoms with E-state index in [2.05, 4.69) is 5.32 Å². The van der Waals surface area contributed by atoms with Crippen molar-refractivity contribution < 1.29 is 19.0 Å². The SMILES string of the molecule is COc1cc(C(C)NC(=O)C2(N)CCOCC2)ccc1OC1CCCC1. The summed E-state index contributed by atoms with van der Waals surface area (Å²) < 4.78 is 16.9. The molecule has 0 radical (unpaired) electrons. The van der Waals surface area contributed by atoms with Crippen LogP contribution >= 0.6 is 0 Å². The molecule has 0 bridgehead atoms. The topological polar surface area (TPSA) is 82.8 Å². The predicted molar refractivity (Wildman–Crippen MR) is 99.4 cm³/mol. The quantitative estimate of drug-likeness (QED) is 0.813. The third-order valence-corrected chi connectivity index (χ3v) is 5.47. The number of nitrogens with one attached hydrogen (secondary N) is 1. The van der Waals surface area contributed by atoms with Crippen LogP contribution in [0.5, 0.6) is 11.5 Å².